The first-order chi connectivity index (χ1) is 16.3. The third kappa shape index (κ3) is 4.82. The molecule has 0 fully saturated rings. The number of carbonyl (C=O) groups is 1. The molecular weight excluding hydrogens is 439 g/mol. The summed E-state index contributed by atoms with van der Waals surface area (Å²) >= 11 is 0. The predicted molar refractivity (Wildman–Crippen MR) is 122 cm³/mol. The van der Waals surface area contributed by atoms with Crippen molar-refractivity contribution in [2.75, 3.05) is 11.9 Å². The Bertz CT molecular complexity index is 1380. The van der Waals surface area contributed by atoms with Gasteiger partial charge in [-0.2, -0.15) is 20.6 Å². The van der Waals surface area contributed by atoms with Gasteiger partial charge in [-0.15, -0.1) is 0 Å². The number of nitrogens with one attached hydrogen (secondary N) is 2. The zero-order valence-electron chi connectivity index (χ0n) is 18.4. The van der Waals surface area contributed by atoms with E-state index >= 15 is 0 Å². The molecule has 10 nitrogen and oxygen atoms in total. The molecule has 0 aromatic carbocycles. The van der Waals surface area contributed by atoms with Gasteiger partial charge in [0.1, 0.15) is 12.2 Å². The fourth-order valence-electron chi connectivity index (χ4n) is 3.18. The SMILES string of the molecule is CC(C)(O)C(F)CNC(=O)c1cnc(-c2ccc3cc(C#N)cnn23)cc1Nc1ccnnc1. The Morgan fingerprint density at radius 2 is 2.06 bits per heavy atom. The van der Waals surface area contributed by atoms with Crippen LogP contribution >= 0.6 is 0 Å². The van der Waals surface area contributed by atoms with Gasteiger partial charge in [0.2, 0.25) is 0 Å². The monoisotopic (exact) mass is 460 g/mol. The quantitative estimate of drug-likeness (QED) is 0.382. The van der Waals surface area contributed by atoms with Crippen molar-refractivity contribution in [1.29, 1.82) is 5.26 Å². The minimum absolute atomic E-state index is 0.170. The molecule has 4 aromatic rings. The van der Waals surface area contributed by atoms with Crippen LogP contribution in [-0.2, 0) is 0 Å². The zero-order chi connectivity index (χ0) is 24.3. The fourth-order valence-corrected chi connectivity index (χ4v) is 3.18. The first-order valence-corrected chi connectivity index (χ1v) is 10.3. The molecule has 4 aromatic heterocycles. The topological polar surface area (TPSA) is 141 Å². The van der Waals surface area contributed by atoms with Gasteiger partial charge in [0.15, 0.2) is 0 Å². The molecule has 0 aliphatic heterocycles. The van der Waals surface area contributed by atoms with Gasteiger partial charge in [-0.1, -0.05) is 0 Å². The Kier molecular flexibility index (Phi) is 6.16. The average Bonchev–Trinajstić information content (AvgIpc) is 3.25. The van der Waals surface area contributed by atoms with E-state index in [4.69, 9.17) is 5.26 Å². The van der Waals surface area contributed by atoms with Crippen LogP contribution in [0.2, 0.25) is 0 Å². The highest BCUT2D eigenvalue weighted by Gasteiger charge is 2.27. The lowest BCUT2D eigenvalue weighted by Gasteiger charge is -2.22. The van der Waals surface area contributed by atoms with E-state index in [1.165, 1.54) is 38.6 Å². The van der Waals surface area contributed by atoms with Crippen molar-refractivity contribution in [3.8, 4) is 17.5 Å². The molecule has 4 heterocycles. The van der Waals surface area contributed by atoms with Gasteiger partial charge in [-0.05, 0) is 44.2 Å². The van der Waals surface area contributed by atoms with Crippen LogP contribution in [0.25, 0.3) is 16.9 Å². The molecule has 0 radical (unpaired) electrons. The maximum Gasteiger partial charge on any atom is 0.255 e. The first-order valence-electron chi connectivity index (χ1n) is 10.3. The Labute approximate surface area is 194 Å². The number of rotatable bonds is 7. The molecule has 0 aliphatic rings. The summed E-state index contributed by atoms with van der Waals surface area (Å²) in [5.41, 5.74) is 1.87. The third-order valence-electron chi connectivity index (χ3n) is 5.11. The number of pyridine rings is 1. The van der Waals surface area contributed by atoms with Crippen LogP contribution in [0, 0.1) is 11.3 Å². The van der Waals surface area contributed by atoms with E-state index in [-0.39, 0.29) is 12.1 Å². The van der Waals surface area contributed by atoms with E-state index in [1.807, 2.05) is 6.07 Å². The molecule has 0 saturated heterocycles. The number of hydrogen-bond acceptors (Lipinski definition) is 8. The van der Waals surface area contributed by atoms with Crippen LogP contribution in [0.3, 0.4) is 0 Å². The normalized spacial score (nSPS) is 12.2. The van der Waals surface area contributed by atoms with E-state index in [1.54, 1.807) is 28.8 Å². The molecule has 172 valence electrons. The number of nitrogens with zero attached hydrogens (tertiary/aromatic N) is 6. The summed E-state index contributed by atoms with van der Waals surface area (Å²) in [5, 5.41) is 36.4. The Morgan fingerprint density at radius 1 is 1.24 bits per heavy atom. The number of anilines is 2. The summed E-state index contributed by atoms with van der Waals surface area (Å²) in [6, 6.07) is 10.7. The molecule has 0 spiro atoms. The number of amides is 1. The van der Waals surface area contributed by atoms with Crippen LogP contribution in [0.15, 0.2) is 55.1 Å². The number of aromatic nitrogens is 5. The number of alkyl halides is 1. The summed E-state index contributed by atoms with van der Waals surface area (Å²) in [7, 11) is 0. The van der Waals surface area contributed by atoms with Crippen LogP contribution in [0.4, 0.5) is 15.8 Å². The van der Waals surface area contributed by atoms with Crippen molar-refractivity contribution in [2.24, 2.45) is 0 Å². The van der Waals surface area contributed by atoms with Crippen LogP contribution in [0.5, 0.6) is 0 Å². The lowest BCUT2D eigenvalue weighted by molar-refractivity contribution is -0.00177. The van der Waals surface area contributed by atoms with Gasteiger partial charge < -0.3 is 15.7 Å². The predicted octanol–water partition coefficient (Wildman–Crippen LogP) is 2.64. The number of aliphatic hydroxyl groups is 1. The van der Waals surface area contributed by atoms with E-state index < -0.39 is 17.7 Å². The second-order valence-corrected chi connectivity index (χ2v) is 8.11. The molecule has 1 unspecified atom stereocenters. The smallest absolute Gasteiger partial charge is 0.255 e. The highest BCUT2D eigenvalue weighted by atomic mass is 19.1. The minimum Gasteiger partial charge on any atom is -0.387 e. The van der Waals surface area contributed by atoms with Crippen molar-refractivity contribution < 1.29 is 14.3 Å². The van der Waals surface area contributed by atoms with Crippen LogP contribution in [0.1, 0.15) is 29.8 Å². The summed E-state index contributed by atoms with van der Waals surface area (Å²) in [6.07, 6.45) is 4.17. The van der Waals surface area contributed by atoms with E-state index in [0.29, 0.717) is 33.8 Å². The van der Waals surface area contributed by atoms with Gasteiger partial charge in [0, 0.05) is 6.20 Å². The highest BCUT2D eigenvalue weighted by Crippen LogP contribution is 2.27. The molecular formula is C23H21FN8O2. The second kappa shape index (κ2) is 9.21. The standard InChI is InChI=1S/C23H21FN8O2/c1-23(2,34)21(24)13-27-22(33)17-12-26-19(8-18(17)31-15-5-6-28-29-11-15)20-4-3-16-7-14(9-25)10-30-32(16)20/h3-8,10-12,21,34H,13H2,1-2H3,(H,27,33)(H,26,28,31). The number of nitriles is 1. The summed E-state index contributed by atoms with van der Waals surface area (Å²) in [4.78, 5) is 17.3. The van der Waals surface area contributed by atoms with Gasteiger partial charge in [-0.3, -0.25) is 9.78 Å². The van der Waals surface area contributed by atoms with E-state index in [9.17, 15) is 14.3 Å². The van der Waals surface area contributed by atoms with E-state index in [2.05, 4.69) is 37.0 Å². The Morgan fingerprint density at radius 3 is 2.76 bits per heavy atom. The summed E-state index contributed by atoms with van der Waals surface area (Å²) in [6.45, 7) is 2.30. The molecule has 11 heteroatoms. The van der Waals surface area contributed by atoms with Crippen molar-refractivity contribution in [3.63, 3.8) is 0 Å². The maximum atomic E-state index is 14.1. The molecule has 0 bridgehead atoms. The fraction of sp³-hybridized carbons (Fsp3) is 0.217. The lowest BCUT2D eigenvalue weighted by Crippen LogP contribution is -2.42. The lowest BCUT2D eigenvalue weighted by atomic mass is 10.0. The number of carbonyl (C=O) groups excluding carboxylic acids is 1. The maximum absolute atomic E-state index is 14.1. The zero-order valence-corrected chi connectivity index (χ0v) is 18.4. The molecule has 4 rings (SSSR count). The van der Waals surface area contributed by atoms with Crippen molar-refractivity contribution in [1.82, 2.24) is 30.1 Å². The van der Waals surface area contributed by atoms with Crippen molar-refractivity contribution >= 4 is 22.8 Å². The first kappa shape index (κ1) is 22.8. The molecule has 0 saturated carbocycles. The molecule has 1 atom stereocenters. The Hall–Kier alpha value is -4.43. The summed E-state index contributed by atoms with van der Waals surface area (Å²) in [5.74, 6) is -0.563. The average molecular weight is 460 g/mol. The second-order valence-electron chi connectivity index (χ2n) is 8.11. The Balaban J connectivity index is 1.70. The minimum atomic E-state index is -1.65. The number of fused-ring (bicyclic) bond motifs is 1. The molecule has 3 N–H and O–H groups in total. The molecule has 34 heavy (non-hydrogen) atoms. The third-order valence-corrected chi connectivity index (χ3v) is 5.11. The van der Waals surface area contributed by atoms with Gasteiger partial charge >= 0.3 is 0 Å². The molecule has 1 amide bonds. The number of hydrogen-bond donors (Lipinski definition) is 3. The van der Waals surface area contributed by atoms with Gasteiger partial charge in [-0.25, -0.2) is 8.91 Å². The van der Waals surface area contributed by atoms with Gasteiger partial charge in [0.25, 0.3) is 5.91 Å². The summed E-state index contributed by atoms with van der Waals surface area (Å²) < 4.78 is 15.8. The van der Waals surface area contributed by atoms with Crippen molar-refractivity contribution in [2.45, 2.75) is 25.6 Å². The number of halogens is 1. The van der Waals surface area contributed by atoms with Crippen LogP contribution < -0.4 is 10.6 Å². The van der Waals surface area contributed by atoms with Gasteiger partial charge in [0.05, 0.1) is 70.1 Å². The molecule has 0 aliphatic carbocycles. The highest BCUT2D eigenvalue weighted by molar-refractivity contribution is 6.00. The van der Waals surface area contributed by atoms with Crippen molar-refractivity contribution in [3.05, 3.63) is 66.2 Å². The van der Waals surface area contributed by atoms with E-state index in [0.717, 1.165) is 0 Å². The largest absolute Gasteiger partial charge is 0.387 e. The van der Waals surface area contributed by atoms with Crippen LogP contribution in [-0.4, -0.2) is 54.1 Å².